The van der Waals surface area contributed by atoms with Gasteiger partial charge in [-0.25, -0.2) is 0 Å². The smallest absolute Gasteiger partial charge is 0.339 e. The standard InChI is InChI=1S/C16H10N2O6S3/c19-15-14(26-16(25)17-15)8-10-3-1-5-12(7-10)24-27(22,23)13-6-2-4-11(9-13)18(20)21/h1-9H,(H,17,19,25)/b14-8+. The monoisotopic (exact) mass is 422 g/mol. The van der Waals surface area contributed by atoms with Crippen LogP contribution in [0, 0.1) is 10.1 Å². The van der Waals surface area contributed by atoms with Crippen LogP contribution < -0.4 is 9.50 Å². The first-order chi connectivity index (χ1) is 12.7. The molecule has 0 atom stereocenters. The van der Waals surface area contributed by atoms with Gasteiger partial charge in [-0.05, 0) is 29.8 Å². The van der Waals surface area contributed by atoms with E-state index in [9.17, 15) is 23.3 Å². The van der Waals surface area contributed by atoms with Gasteiger partial charge < -0.3 is 9.50 Å². The largest absolute Gasteiger partial charge is 0.379 e. The molecule has 0 radical (unpaired) electrons. The van der Waals surface area contributed by atoms with E-state index in [0.717, 1.165) is 17.8 Å². The summed E-state index contributed by atoms with van der Waals surface area (Å²) in [7, 11) is -4.26. The molecule has 1 fully saturated rings. The van der Waals surface area contributed by atoms with Crippen LogP contribution in [0.5, 0.6) is 5.75 Å². The topological polar surface area (TPSA) is 116 Å². The Balaban J connectivity index is 1.87. The number of nitrogens with one attached hydrogen (secondary N) is 1. The predicted octanol–water partition coefficient (Wildman–Crippen LogP) is 2.85. The van der Waals surface area contributed by atoms with E-state index < -0.39 is 15.0 Å². The Morgan fingerprint density at radius 3 is 2.59 bits per heavy atom. The minimum Gasteiger partial charge on any atom is -0.379 e. The summed E-state index contributed by atoms with van der Waals surface area (Å²) in [5.74, 6) is -0.331. The SMILES string of the molecule is O=C1NC(=S)S/C1=C/c1cccc(OS(=O)(=O)c2cccc([N+](=O)[O-])c2)c1. The molecule has 0 aliphatic carbocycles. The normalized spacial score (nSPS) is 15.6. The summed E-state index contributed by atoms with van der Waals surface area (Å²) in [5.41, 5.74) is 0.169. The van der Waals surface area contributed by atoms with E-state index in [-0.39, 0.29) is 22.2 Å². The van der Waals surface area contributed by atoms with E-state index >= 15 is 0 Å². The van der Waals surface area contributed by atoms with Gasteiger partial charge in [-0.1, -0.05) is 42.2 Å². The van der Waals surface area contributed by atoms with Crippen molar-refractivity contribution in [1.29, 1.82) is 0 Å². The number of hydrogen-bond acceptors (Lipinski definition) is 8. The average molecular weight is 422 g/mol. The van der Waals surface area contributed by atoms with E-state index in [2.05, 4.69) is 5.32 Å². The molecule has 0 bridgehead atoms. The fourth-order valence-corrected chi connectivity index (χ4v) is 4.16. The van der Waals surface area contributed by atoms with Gasteiger partial charge in [0.15, 0.2) is 0 Å². The van der Waals surface area contributed by atoms with Gasteiger partial charge in [0.05, 0.1) is 9.83 Å². The second-order valence-corrected chi connectivity index (χ2v) is 8.48. The first kappa shape index (κ1) is 19.0. The van der Waals surface area contributed by atoms with Crippen molar-refractivity contribution in [3.05, 3.63) is 69.1 Å². The van der Waals surface area contributed by atoms with Crippen molar-refractivity contribution in [2.24, 2.45) is 0 Å². The molecule has 1 heterocycles. The van der Waals surface area contributed by atoms with E-state index in [0.29, 0.717) is 14.8 Å². The molecule has 1 amide bonds. The van der Waals surface area contributed by atoms with Crippen LogP contribution >= 0.6 is 24.0 Å². The maximum atomic E-state index is 12.4. The average Bonchev–Trinajstić information content (AvgIpc) is 2.92. The fourth-order valence-electron chi connectivity index (χ4n) is 2.16. The maximum Gasteiger partial charge on any atom is 0.339 e. The highest BCUT2D eigenvalue weighted by Crippen LogP contribution is 2.28. The molecule has 0 aromatic heterocycles. The molecule has 1 aliphatic heterocycles. The second-order valence-electron chi connectivity index (χ2n) is 5.22. The number of non-ortho nitro benzene ring substituents is 1. The zero-order chi connectivity index (χ0) is 19.6. The molecule has 0 spiro atoms. The molecule has 0 saturated carbocycles. The number of nitro benzene ring substituents is 1. The van der Waals surface area contributed by atoms with E-state index in [1.165, 1.54) is 30.3 Å². The number of rotatable bonds is 5. The van der Waals surface area contributed by atoms with Crippen LogP contribution in [0.4, 0.5) is 5.69 Å². The Labute approximate surface area is 163 Å². The molecule has 2 aromatic carbocycles. The molecule has 1 N–H and O–H groups in total. The Morgan fingerprint density at radius 1 is 1.19 bits per heavy atom. The van der Waals surface area contributed by atoms with Crippen LogP contribution in [0.3, 0.4) is 0 Å². The molecule has 2 aromatic rings. The quantitative estimate of drug-likeness (QED) is 0.257. The van der Waals surface area contributed by atoms with Crippen molar-refractivity contribution in [1.82, 2.24) is 5.32 Å². The van der Waals surface area contributed by atoms with Gasteiger partial charge in [0.1, 0.15) is 15.0 Å². The lowest BCUT2D eigenvalue weighted by molar-refractivity contribution is -0.385. The van der Waals surface area contributed by atoms with Gasteiger partial charge >= 0.3 is 10.1 Å². The summed E-state index contributed by atoms with van der Waals surface area (Å²) >= 11 is 6.01. The zero-order valence-corrected chi connectivity index (χ0v) is 15.8. The minimum atomic E-state index is -4.26. The van der Waals surface area contributed by atoms with Crippen LogP contribution in [-0.4, -0.2) is 23.6 Å². The van der Waals surface area contributed by atoms with Crippen molar-refractivity contribution in [2.45, 2.75) is 4.90 Å². The lowest BCUT2D eigenvalue weighted by atomic mass is 10.2. The number of amides is 1. The Morgan fingerprint density at radius 2 is 1.93 bits per heavy atom. The molecule has 27 heavy (non-hydrogen) atoms. The number of nitrogens with zero attached hydrogens (tertiary/aromatic N) is 1. The third-order valence-corrected chi connectivity index (χ3v) is 5.73. The number of carbonyl (C=O) groups excluding carboxylic acids is 1. The Kier molecular flexibility index (Phi) is 5.26. The molecule has 0 unspecified atom stereocenters. The first-order valence-electron chi connectivity index (χ1n) is 7.28. The number of thiocarbonyl (C=S) groups is 1. The van der Waals surface area contributed by atoms with Gasteiger partial charge in [0.25, 0.3) is 11.6 Å². The van der Waals surface area contributed by atoms with Crippen LogP contribution in [0.2, 0.25) is 0 Å². The third-order valence-electron chi connectivity index (χ3n) is 3.32. The summed E-state index contributed by atoms with van der Waals surface area (Å²) in [6, 6.07) is 10.6. The summed E-state index contributed by atoms with van der Waals surface area (Å²) in [6.45, 7) is 0. The number of hydrogen-bond donors (Lipinski definition) is 1. The van der Waals surface area contributed by atoms with Gasteiger partial charge in [0, 0.05) is 12.1 Å². The van der Waals surface area contributed by atoms with E-state index in [1.54, 1.807) is 18.2 Å². The van der Waals surface area contributed by atoms with Crippen molar-refractivity contribution < 1.29 is 22.3 Å². The lowest BCUT2D eigenvalue weighted by Gasteiger charge is -2.07. The predicted molar refractivity (Wildman–Crippen MR) is 104 cm³/mol. The fraction of sp³-hybridized carbons (Fsp3) is 0. The first-order valence-corrected chi connectivity index (χ1v) is 9.92. The maximum absolute atomic E-state index is 12.4. The number of carbonyl (C=O) groups is 1. The highest BCUT2D eigenvalue weighted by Gasteiger charge is 2.23. The number of benzene rings is 2. The van der Waals surface area contributed by atoms with Crippen molar-refractivity contribution in [3.8, 4) is 5.75 Å². The highest BCUT2D eigenvalue weighted by molar-refractivity contribution is 8.26. The Bertz CT molecular complexity index is 1090. The van der Waals surface area contributed by atoms with Gasteiger partial charge in [-0.2, -0.15) is 8.42 Å². The number of thioether (sulfide) groups is 1. The van der Waals surface area contributed by atoms with Crippen molar-refractivity contribution >= 4 is 56.1 Å². The molecule has 11 heteroatoms. The summed E-state index contributed by atoms with van der Waals surface area (Å²) in [5, 5.41) is 13.3. The summed E-state index contributed by atoms with van der Waals surface area (Å²) in [4.78, 5) is 21.9. The molecule has 3 rings (SSSR count). The van der Waals surface area contributed by atoms with Gasteiger partial charge in [0.2, 0.25) is 0 Å². The zero-order valence-electron chi connectivity index (χ0n) is 13.3. The van der Waals surface area contributed by atoms with E-state index in [1.807, 2.05) is 0 Å². The minimum absolute atomic E-state index is 0.00170. The molecular weight excluding hydrogens is 412 g/mol. The van der Waals surface area contributed by atoms with E-state index in [4.69, 9.17) is 16.4 Å². The Hall–Kier alpha value is -2.76. The molecule has 138 valence electrons. The van der Waals surface area contributed by atoms with Gasteiger partial charge in [-0.3, -0.25) is 14.9 Å². The molecule has 1 aliphatic rings. The molecular formula is C16H10N2O6S3. The van der Waals surface area contributed by atoms with Crippen molar-refractivity contribution in [2.75, 3.05) is 0 Å². The molecule has 1 saturated heterocycles. The van der Waals surface area contributed by atoms with Crippen molar-refractivity contribution in [3.63, 3.8) is 0 Å². The summed E-state index contributed by atoms with van der Waals surface area (Å²) < 4.78 is 30.2. The second kappa shape index (κ2) is 7.47. The van der Waals surface area contributed by atoms with Crippen LogP contribution in [0.1, 0.15) is 5.56 Å². The number of nitro groups is 1. The summed E-state index contributed by atoms with van der Waals surface area (Å²) in [6.07, 6.45) is 1.55. The van der Waals surface area contributed by atoms with Crippen LogP contribution in [0.25, 0.3) is 6.08 Å². The van der Waals surface area contributed by atoms with Crippen LogP contribution in [0.15, 0.2) is 58.3 Å². The lowest BCUT2D eigenvalue weighted by Crippen LogP contribution is -2.17. The van der Waals surface area contributed by atoms with Gasteiger partial charge in [-0.15, -0.1) is 0 Å². The third kappa shape index (κ3) is 4.51. The molecule has 8 nitrogen and oxygen atoms in total. The van der Waals surface area contributed by atoms with Crippen LogP contribution in [-0.2, 0) is 14.9 Å². The highest BCUT2D eigenvalue weighted by atomic mass is 32.2.